The zero-order valence-corrected chi connectivity index (χ0v) is 11.8. The summed E-state index contributed by atoms with van der Waals surface area (Å²) < 4.78 is 0. The van der Waals surface area contributed by atoms with Gasteiger partial charge in [0.05, 0.1) is 6.04 Å². The third kappa shape index (κ3) is 2.71. The summed E-state index contributed by atoms with van der Waals surface area (Å²) in [6.45, 7) is 4.18. The molecule has 0 amide bonds. The van der Waals surface area contributed by atoms with Crippen molar-refractivity contribution in [3.05, 3.63) is 56.2 Å². The third-order valence-electron chi connectivity index (χ3n) is 2.84. The van der Waals surface area contributed by atoms with Crippen LogP contribution < -0.4 is 5.32 Å². The molecule has 2 rings (SSSR count). The predicted octanol–water partition coefficient (Wildman–Crippen LogP) is 4.33. The van der Waals surface area contributed by atoms with Gasteiger partial charge in [-0.3, -0.25) is 0 Å². The SMILES string of the molecule is CNC(c1csc(C)c1)c1ccc(C)cc1Cl. The Kier molecular flexibility index (Phi) is 3.87. The normalized spacial score (nSPS) is 12.7. The number of hydrogen-bond donors (Lipinski definition) is 1. The summed E-state index contributed by atoms with van der Waals surface area (Å²) in [5, 5.41) is 6.34. The van der Waals surface area contributed by atoms with Crippen molar-refractivity contribution in [2.75, 3.05) is 7.05 Å². The average molecular weight is 266 g/mol. The minimum absolute atomic E-state index is 0.174. The second kappa shape index (κ2) is 5.21. The summed E-state index contributed by atoms with van der Waals surface area (Å²) in [6.07, 6.45) is 0. The van der Waals surface area contributed by atoms with Crippen LogP contribution in [0.25, 0.3) is 0 Å². The summed E-state index contributed by atoms with van der Waals surface area (Å²) >= 11 is 8.09. The van der Waals surface area contributed by atoms with Crippen molar-refractivity contribution in [2.24, 2.45) is 0 Å². The molecule has 1 heterocycles. The van der Waals surface area contributed by atoms with Crippen molar-refractivity contribution < 1.29 is 0 Å². The fourth-order valence-electron chi connectivity index (χ4n) is 1.98. The van der Waals surface area contributed by atoms with E-state index in [2.05, 4.69) is 42.7 Å². The highest BCUT2D eigenvalue weighted by molar-refractivity contribution is 7.10. The van der Waals surface area contributed by atoms with Gasteiger partial charge in [0.15, 0.2) is 0 Å². The molecule has 0 saturated heterocycles. The zero-order valence-electron chi connectivity index (χ0n) is 10.3. The summed E-state index contributed by atoms with van der Waals surface area (Å²) in [6, 6.07) is 8.60. The molecule has 3 heteroatoms. The topological polar surface area (TPSA) is 12.0 Å². The maximum atomic E-state index is 6.32. The molecular weight excluding hydrogens is 250 g/mol. The molecule has 0 radical (unpaired) electrons. The van der Waals surface area contributed by atoms with Gasteiger partial charge in [0.1, 0.15) is 0 Å². The molecule has 0 spiro atoms. The highest BCUT2D eigenvalue weighted by atomic mass is 35.5. The van der Waals surface area contributed by atoms with Crippen molar-refractivity contribution in [3.8, 4) is 0 Å². The molecule has 17 heavy (non-hydrogen) atoms. The van der Waals surface area contributed by atoms with Crippen LogP contribution in [0.3, 0.4) is 0 Å². The van der Waals surface area contributed by atoms with Crippen molar-refractivity contribution in [1.29, 1.82) is 0 Å². The van der Waals surface area contributed by atoms with Crippen LogP contribution in [-0.2, 0) is 0 Å². The minimum Gasteiger partial charge on any atom is -0.309 e. The Morgan fingerprint density at radius 1 is 1.24 bits per heavy atom. The fourth-order valence-corrected chi connectivity index (χ4v) is 3.06. The summed E-state index contributed by atoms with van der Waals surface area (Å²) in [4.78, 5) is 1.32. The van der Waals surface area contributed by atoms with E-state index in [0.717, 1.165) is 10.6 Å². The first kappa shape index (κ1) is 12.6. The van der Waals surface area contributed by atoms with Gasteiger partial charge in [-0.25, -0.2) is 0 Å². The quantitative estimate of drug-likeness (QED) is 0.871. The number of hydrogen-bond acceptors (Lipinski definition) is 2. The van der Waals surface area contributed by atoms with Crippen LogP contribution in [0, 0.1) is 13.8 Å². The second-order valence-electron chi connectivity index (χ2n) is 4.24. The van der Waals surface area contributed by atoms with Crippen molar-refractivity contribution in [3.63, 3.8) is 0 Å². The van der Waals surface area contributed by atoms with Crippen molar-refractivity contribution in [2.45, 2.75) is 19.9 Å². The molecule has 1 nitrogen and oxygen atoms in total. The van der Waals surface area contributed by atoms with Gasteiger partial charge in [0.25, 0.3) is 0 Å². The third-order valence-corrected chi connectivity index (χ3v) is 4.05. The monoisotopic (exact) mass is 265 g/mol. The highest BCUT2D eigenvalue weighted by Gasteiger charge is 2.16. The molecule has 1 atom stereocenters. The number of aryl methyl sites for hydroxylation is 2. The summed E-state index contributed by atoms with van der Waals surface area (Å²) in [5.41, 5.74) is 3.61. The first-order valence-corrected chi connectivity index (χ1v) is 6.86. The van der Waals surface area contributed by atoms with Crippen LogP contribution in [0.4, 0.5) is 0 Å². The molecular formula is C14H16ClNS. The molecule has 0 aliphatic carbocycles. The van der Waals surface area contributed by atoms with Crippen molar-refractivity contribution in [1.82, 2.24) is 5.32 Å². The van der Waals surface area contributed by atoms with E-state index in [1.807, 2.05) is 13.1 Å². The van der Waals surface area contributed by atoms with Gasteiger partial charge >= 0.3 is 0 Å². The molecule has 0 aliphatic rings. The van der Waals surface area contributed by atoms with E-state index in [4.69, 9.17) is 11.6 Å². The first-order valence-electron chi connectivity index (χ1n) is 5.60. The van der Waals surface area contributed by atoms with Crippen LogP contribution in [0.15, 0.2) is 29.6 Å². The van der Waals surface area contributed by atoms with Gasteiger partial charge in [-0.1, -0.05) is 23.7 Å². The first-order chi connectivity index (χ1) is 8.11. The van der Waals surface area contributed by atoms with Gasteiger partial charge in [-0.2, -0.15) is 0 Å². The maximum Gasteiger partial charge on any atom is 0.0597 e. The van der Waals surface area contributed by atoms with E-state index < -0.39 is 0 Å². The second-order valence-corrected chi connectivity index (χ2v) is 5.76. The van der Waals surface area contributed by atoms with Gasteiger partial charge < -0.3 is 5.32 Å². The van der Waals surface area contributed by atoms with E-state index in [9.17, 15) is 0 Å². The molecule has 90 valence electrons. The molecule has 1 N–H and O–H groups in total. The van der Waals surface area contributed by atoms with Crippen LogP contribution in [-0.4, -0.2) is 7.05 Å². The lowest BCUT2D eigenvalue weighted by Gasteiger charge is -2.17. The maximum absolute atomic E-state index is 6.32. The standard InChI is InChI=1S/C14H16ClNS/c1-9-4-5-12(13(15)6-9)14(16-3)11-7-10(2)17-8-11/h4-8,14,16H,1-3H3. The Labute approximate surface area is 111 Å². The van der Waals surface area contributed by atoms with E-state index in [-0.39, 0.29) is 6.04 Å². The molecule has 2 aromatic rings. The zero-order chi connectivity index (χ0) is 12.4. The Bertz CT molecular complexity index is 519. The van der Waals surface area contributed by atoms with Crippen molar-refractivity contribution >= 4 is 22.9 Å². The Morgan fingerprint density at radius 2 is 2.00 bits per heavy atom. The lowest BCUT2D eigenvalue weighted by atomic mass is 10.00. The number of rotatable bonds is 3. The largest absolute Gasteiger partial charge is 0.309 e. The lowest BCUT2D eigenvalue weighted by molar-refractivity contribution is 0.694. The van der Waals surface area contributed by atoms with Crippen LogP contribution >= 0.6 is 22.9 Å². The van der Waals surface area contributed by atoms with Gasteiger partial charge in [0, 0.05) is 9.90 Å². The summed E-state index contributed by atoms with van der Waals surface area (Å²) in [7, 11) is 1.97. The Morgan fingerprint density at radius 3 is 2.53 bits per heavy atom. The molecule has 0 fully saturated rings. The lowest BCUT2D eigenvalue weighted by Crippen LogP contribution is -2.17. The van der Waals surface area contributed by atoms with E-state index in [0.29, 0.717) is 0 Å². The number of nitrogens with one attached hydrogen (secondary N) is 1. The van der Waals surface area contributed by atoms with Gasteiger partial charge in [0.2, 0.25) is 0 Å². The average Bonchev–Trinajstić information content (AvgIpc) is 2.69. The Hall–Kier alpha value is -0.830. The van der Waals surface area contributed by atoms with Gasteiger partial charge in [-0.05, 0) is 55.1 Å². The van der Waals surface area contributed by atoms with Crippen LogP contribution in [0.2, 0.25) is 5.02 Å². The fraction of sp³-hybridized carbons (Fsp3) is 0.286. The molecule has 1 aromatic heterocycles. The van der Waals surface area contributed by atoms with E-state index in [1.165, 1.54) is 16.0 Å². The van der Waals surface area contributed by atoms with Crippen LogP contribution in [0.1, 0.15) is 27.6 Å². The van der Waals surface area contributed by atoms with Gasteiger partial charge in [-0.15, -0.1) is 11.3 Å². The molecule has 1 unspecified atom stereocenters. The predicted molar refractivity (Wildman–Crippen MR) is 76.1 cm³/mol. The minimum atomic E-state index is 0.174. The molecule has 0 aliphatic heterocycles. The van der Waals surface area contributed by atoms with Crippen LogP contribution in [0.5, 0.6) is 0 Å². The highest BCUT2D eigenvalue weighted by Crippen LogP contribution is 2.31. The summed E-state index contributed by atoms with van der Waals surface area (Å²) in [5.74, 6) is 0. The molecule has 0 bridgehead atoms. The smallest absolute Gasteiger partial charge is 0.0597 e. The van der Waals surface area contributed by atoms with E-state index >= 15 is 0 Å². The molecule has 1 aromatic carbocycles. The molecule has 0 saturated carbocycles. The number of benzene rings is 1. The van der Waals surface area contributed by atoms with E-state index in [1.54, 1.807) is 11.3 Å². The number of thiophene rings is 1. The Balaban J connectivity index is 2.42. The number of halogens is 1.